The largest absolute Gasteiger partial charge is 0.305 e. The van der Waals surface area contributed by atoms with E-state index in [1.54, 1.807) is 6.92 Å². The molecule has 0 aliphatic heterocycles. The molecule has 0 saturated heterocycles. The minimum atomic E-state index is -2.92. The number of hydrogen-bond acceptors (Lipinski definition) is 2. The van der Waals surface area contributed by atoms with Crippen LogP contribution in [0.1, 0.15) is 6.92 Å². The zero-order valence-electron chi connectivity index (χ0n) is 3.73. The summed E-state index contributed by atoms with van der Waals surface area (Å²) in [7, 11) is 0. The van der Waals surface area contributed by atoms with Crippen molar-refractivity contribution in [3.05, 3.63) is 0 Å². The molecule has 0 bridgehead atoms. The molecule has 0 spiro atoms. The Bertz CT molecular complexity index is 85.7. The summed E-state index contributed by atoms with van der Waals surface area (Å²) in [6, 6.07) is 0. The van der Waals surface area contributed by atoms with Crippen molar-refractivity contribution in [2.75, 3.05) is 6.16 Å². The molecule has 0 N–H and O–H groups in total. The molecule has 0 fully saturated rings. The molecule has 0 aliphatic rings. The Morgan fingerprint density at radius 2 is 2.29 bits per heavy atom. The molecule has 1 atom stereocenters. The van der Waals surface area contributed by atoms with E-state index in [9.17, 15) is 4.57 Å². The van der Waals surface area contributed by atoms with Crippen molar-refractivity contribution < 1.29 is 8.64 Å². The summed E-state index contributed by atoms with van der Waals surface area (Å²) in [5, 5.41) is 0. The average molecular weight is 163 g/mol. The Kier molecular flexibility index (Phi) is 3.25. The Balaban J connectivity index is 3.61. The maximum Gasteiger partial charge on any atom is 0.305 e. The molecule has 0 radical (unpaired) electrons. The maximum atomic E-state index is 10.4. The zero-order chi connectivity index (χ0) is 5.91. The van der Waals surface area contributed by atoms with Gasteiger partial charge in [0.1, 0.15) is 0 Å². The lowest BCUT2D eigenvalue weighted by molar-refractivity contribution is 0.520. The van der Waals surface area contributed by atoms with E-state index in [-0.39, 0.29) is 6.16 Å². The number of halogens is 2. The predicted octanol–water partition coefficient (Wildman–Crippen LogP) is 2.61. The van der Waals surface area contributed by atoms with Crippen LogP contribution in [-0.4, -0.2) is 6.16 Å². The van der Waals surface area contributed by atoms with E-state index in [0.717, 1.165) is 0 Å². The fraction of sp³-hybridized carbons (Fsp3) is 1.00. The van der Waals surface area contributed by atoms with Crippen LogP contribution >= 0.6 is 29.8 Å². The second-order valence-electron chi connectivity index (χ2n) is 0.976. The third-order valence-corrected chi connectivity index (χ3v) is 3.25. The summed E-state index contributed by atoms with van der Waals surface area (Å²) in [6.07, 6.45) is 0.262. The molecule has 0 amide bonds. The molecule has 0 aromatic rings. The first kappa shape index (κ1) is 7.77. The van der Waals surface area contributed by atoms with Gasteiger partial charge in [0.15, 0.2) is 0 Å². The van der Waals surface area contributed by atoms with Gasteiger partial charge in [0.2, 0.25) is 0 Å². The standard InChI is InChI=1S/C2H5Cl2O2P/c1-2-7(4,5)6-3/h2H2,1H3. The van der Waals surface area contributed by atoms with Crippen molar-refractivity contribution in [2.24, 2.45) is 0 Å². The summed E-state index contributed by atoms with van der Waals surface area (Å²) in [4.78, 5) is 0. The third kappa shape index (κ3) is 3.36. The van der Waals surface area contributed by atoms with Crippen LogP contribution in [0.25, 0.3) is 0 Å². The van der Waals surface area contributed by atoms with Gasteiger partial charge in [-0.2, -0.15) is 0 Å². The topological polar surface area (TPSA) is 26.3 Å². The third-order valence-electron chi connectivity index (χ3n) is 0.481. The SMILES string of the molecule is CCP(=O)(Cl)OCl. The minimum absolute atomic E-state index is 0.262. The van der Waals surface area contributed by atoms with E-state index in [4.69, 9.17) is 23.1 Å². The molecule has 2 nitrogen and oxygen atoms in total. The summed E-state index contributed by atoms with van der Waals surface area (Å²) >= 11 is 9.80. The van der Waals surface area contributed by atoms with Crippen LogP contribution in [0.5, 0.6) is 0 Å². The average Bonchev–Trinajstić information content (AvgIpc) is 1.68. The van der Waals surface area contributed by atoms with Crippen molar-refractivity contribution in [2.45, 2.75) is 6.92 Å². The summed E-state index contributed by atoms with van der Waals surface area (Å²) in [6.45, 7) is -1.28. The highest BCUT2D eigenvalue weighted by Crippen LogP contribution is 2.52. The molecule has 1 unspecified atom stereocenters. The van der Waals surface area contributed by atoms with Crippen LogP contribution in [0.4, 0.5) is 0 Å². The van der Waals surface area contributed by atoms with Crippen molar-refractivity contribution in [3.63, 3.8) is 0 Å². The van der Waals surface area contributed by atoms with Gasteiger partial charge in [0.05, 0.1) is 11.9 Å². The number of hydrogen-bond donors (Lipinski definition) is 0. The second kappa shape index (κ2) is 2.93. The lowest BCUT2D eigenvalue weighted by atomic mass is 11.0. The number of rotatable bonds is 2. The van der Waals surface area contributed by atoms with Crippen LogP contribution in [0.2, 0.25) is 0 Å². The predicted molar refractivity (Wildman–Crippen MR) is 30.9 cm³/mol. The fourth-order valence-corrected chi connectivity index (χ4v) is 0.439. The first-order valence-electron chi connectivity index (χ1n) is 1.71. The van der Waals surface area contributed by atoms with E-state index in [2.05, 4.69) is 4.08 Å². The molecular weight excluding hydrogens is 158 g/mol. The van der Waals surface area contributed by atoms with Gasteiger partial charge in [-0.3, -0.25) is 4.57 Å². The Morgan fingerprint density at radius 1 is 1.86 bits per heavy atom. The molecule has 0 aromatic heterocycles. The molecule has 0 saturated carbocycles. The van der Waals surface area contributed by atoms with Crippen molar-refractivity contribution in [1.29, 1.82) is 0 Å². The van der Waals surface area contributed by atoms with Gasteiger partial charge < -0.3 is 0 Å². The van der Waals surface area contributed by atoms with E-state index in [1.807, 2.05) is 0 Å². The molecular formula is C2H5Cl2O2P. The van der Waals surface area contributed by atoms with Gasteiger partial charge in [-0.15, -0.1) is 0 Å². The van der Waals surface area contributed by atoms with Gasteiger partial charge >= 0.3 is 6.72 Å². The molecule has 0 aliphatic carbocycles. The zero-order valence-corrected chi connectivity index (χ0v) is 6.13. The lowest BCUT2D eigenvalue weighted by Gasteiger charge is -1.97. The smallest absolute Gasteiger partial charge is 0.274 e. The molecule has 44 valence electrons. The van der Waals surface area contributed by atoms with Crippen LogP contribution in [0, 0.1) is 0 Å². The highest BCUT2D eigenvalue weighted by atomic mass is 35.7. The minimum Gasteiger partial charge on any atom is -0.274 e. The van der Waals surface area contributed by atoms with Crippen molar-refractivity contribution in [1.82, 2.24) is 0 Å². The highest BCUT2D eigenvalue weighted by Gasteiger charge is 2.13. The van der Waals surface area contributed by atoms with Gasteiger partial charge in [0, 0.05) is 6.16 Å². The maximum absolute atomic E-state index is 10.4. The van der Waals surface area contributed by atoms with Crippen LogP contribution in [0.3, 0.4) is 0 Å². The van der Waals surface area contributed by atoms with Gasteiger partial charge in [0.25, 0.3) is 0 Å². The second-order valence-corrected chi connectivity index (χ2v) is 4.89. The Labute approximate surface area is 52.2 Å². The van der Waals surface area contributed by atoms with Gasteiger partial charge in [-0.25, -0.2) is 4.08 Å². The van der Waals surface area contributed by atoms with Crippen LogP contribution in [0.15, 0.2) is 0 Å². The molecule has 0 aromatic carbocycles. The monoisotopic (exact) mass is 162 g/mol. The van der Waals surface area contributed by atoms with Crippen LogP contribution in [-0.2, 0) is 8.64 Å². The fourth-order valence-electron chi connectivity index (χ4n) is 0.0488. The summed E-state index contributed by atoms with van der Waals surface area (Å²) in [5.41, 5.74) is 0. The summed E-state index contributed by atoms with van der Waals surface area (Å²) < 4.78 is 14.2. The lowest BCUT2D eigenvalue weighted by Crippen LogP contribution is -1.71. The summed E-state index contributed by atoms with van der Waals surface area (Å²) in [5.74, 6) is 0. The highest BCUT2D eigenvalue weighted by molar-refractivity contribution is 7.85. The van der Waals surface area contributed by atoms with E-state index >= 15 is 0 Å². The first-order valence-corrected chi connectivity index (χ1v) is 4.74. The molecule has 0 rings (SSSR count). The first-order chi connectivity index (χ1) is 3.12. The van der Waals surface area contributed by atoms with E-state index in [1.165, 1.54) is 0 Å². The Morgan fingerprint density at radius 3 is 2.29 bits per heavy atom. The molecule has 0 heterocycles. The molecule has 5 heteroatoms. The quantitative estimate of drug-likeness (QED) is 0.584. The van der Waals surface area contributed by atoms with E-state index < -0.39 is 6.72 Å². The van der Waals surface area contributed by atoms with Gasteiger partial charge in [-0.05, 0) is 11.2 Å². The molecule has 7 heavy (non-hydrogen) atoms. The van der Waals surface area contributed by atoms with Crippen molar-refractivity contribution in [3.8, 4) is 0 Å². The van der Waals surface area contributed by atoms with Crippen molar-refractivity contribution >= 4 is 29.8 Å². The van der Waals surface area contributed by atoms with Crippen LogP contribution < -0.4 is 0 Å². The normalized spacial score (nSPS) is 18.7. The Hall–Kier alpha value is 0.770. The van der Waals surface area contributed by atoms with E-state index in [0.29, 0.717) is 0 Å². The van der Waals surface area contributed by atoms with Gasteiger partial charge in [-0.1, -0.05) is 6.92 Å².